The van der Waals surface area contributed by atoms with Gasteiger partial charge in [-0.05, 0) is 64.2 Å². The number of carbonyl (C=O) groups excluding carboxylic acids is 1. The minimum absolute atomic E-state index is 0.163. The number of amides is 1. The third-order valence-electron chi connectivity index (χ3n) is 4.14. The zero-order valence-corrected chi connectivity index (χ0v) is 11.6. The summed E-state index contributed by atoms with van der Waals surface area (Å²) in [6, 6.07) is 0.737. The van der Waals surface area contributed by atoms with Crippen molar-refractivity contribution in [1.82, 2.24) is 15.5 Å². The fourth-order valence-electron chi connectivity index (χ4n) is 2.60. The number of likely N-dealkylation sites (tertiary alicyclic amines) is 1. The van der Waals surface area contributed by atoms with Crippen LogP contribution in [-0.4, -0.2) is 50.1 Å². The summed E-state index contributed by atoms with van der Waals surface area (Å²) in [6.07, 6.45) is 7.06. The second-order valence-corrected chi connectivity index (χ2v) is 5.74. The summed E-state index contributed by atoms with van der Waals surface area (Å²) >= 11 is 0. The maximum absolute atomic E-state index is 11.1. The van der Waals surface area contributed by atoms with Gasteiger partial charge in [0.25, 0.3) is 0 Å². The van der Waals surface area contributed by atoms with Crippen LogP contribution in [0.2, 0.25) is 0 Å². The summed E-state index contributed by atoms with van der Waals surface area (Å²) in [5.74, 6) is 1.14. The molecule has 1 aliphatic carbocycles. The Morgan fingerprint density at radius 2 is 1.94 bits per heavy atom. The summed E-state index contributed by atoms with van der Waals surface area (Å²) < 4.78 is 0. The molecule has 18 heavy (non-hydrogen) atoms. The largest absolute Gasteiger partial charge is 0.359 e. The van der Waals surface area contributed by atoms with Crippen molar-refractivity contribution in [3.05, 3.63) is 0 Å². The average molecular weight is 253 g/mol. The van der Waals surface area contributed by atoms with Crippen LogP contribution in [-0.2, 0) is 4.79 Å². The van der Waals surface area contributed by atoms with Crippen LogP contribution in [0.5, 0.6) is 0 Å². The highest BCUT2D eigenvalue weighted by Gasteiger charge is 2.24. The van der Waals surface area contributed by atoms with E-state index in [4.69, 9.17) is 0 Å². The molecule has 104 valence electrons. The van der Waals surface area contributed by atoms with Gasteiger partial charge in [0.05, 0.1) is 0 Å². The summed E-state index contributed by atoms with van der Waals surface area (Å²) in [7, 11) is 1.71. The first-order valence-electron chi connectivity index (χ1n) is 7.44. The Morgan fingerprint density at radius 1 is 1.22 bits per heavy atom. The van der Waals surface area contributed by atoms with Crippen molar-refractivity contribution in [1.29, 1.82) is 0 Å². The molecular weight excluding hydrogens is 226 g/mol. The zero-order valence-electron chi connectivity index (χ0n) is 11.6. The quantitative estimate of drug-likeness (QED) is 0.711. The van der Waals surface area contributed by atoms with Gasteiger partial charge in [0.1, 0.15) is 0 Å². The fraction of sp³-hybridized carbons (Fsp3) is 0.929. The molecule has 0 radical (unpaired) electrons. The van der Waals surface area contributed by atoms with E-state index in [0.717, 1.165) is 24.9 Å². The van der Waals surface area contributed by atoms with Crippen molar-refractivity contribution in [3.63, 3.8) is 0 Å². The van der Waals surface area contributed by atoms with Crippen LogP contribution < -0.4 is 10.6 Å². The van der Waals surface area contributed by atoms with Gasteiger partial charge in [-0.1, -0.05) is 0 Å². The lowest BCUT2D eigenvalue weighted by Crippen LogP contribution is -2.43. The first-order chi connectivity index (χ1) is 8.78. The summed E-state index contributed by atoms with van der Waals surface area (Å²) in [6.45, 7) is 4.69. The van der Waals surface area contributed by atoms with Crippen LogP contribution in [0.15, 0.2) is 0 Å². The van der Waals surface area contributed by atoms with Crippen LogP contribution >= 0.6 is 0 Å². The third-order valence-corrected chi connectivity index (χ3v) is 4.14. The molecule has 0 aromatic rings. The van der Waals surface area contributed by atoms with Crippen molar-refractivity contribution >= 4 is 5.91 Å². The summed E-state index contributed by atoms with van der Waals surface area (Å²) in [5, 5.41) is 6.37. The predicted molar refractivity (Wildman–Crippen MR) is 73.5 cm³/mol. The van der Waals surface area contributed by atoms with Crippen molar-refractivity contribution in [2.75, 3.05) is 33.2 Å². The highest BCUT2D eigenvalue weighted by molar-refractivity contribution is 5.75. The van der Waals surface area contributed by atoms with Crippen molar-refractivity contribution < 1.29 is 4.79 Å². The second kappa shape index (κ2) is 7.10. The van der Waals surface area contributed by atoms with Gasteiger partial charge in [-0.2, -0.15) is 0 Å². The summed E-state index contributed by atoms with van der Waals surface area (Å²) in [5.41, 5.74) is 0. The molecule has 0 aromatic carbocycles. The number of hydrogen-bond acceptors (Lipinski definition) is 3. The molecule has 2 N–H and O–H groups in total. The van der Waals surface area contributed by atoms with E-state index in [1.165, 1.54) is 45.3 Å². The topological polar surface area (TPSA) is 44.4 Å². The molecule has 4 nitrogen and oxygen atoms in total. The lowest BCUT2D eigenvalue weighted by Gasteiger charge is -2.32. The van der Waals surface area contributed by atoms with Gasteiger partial charge in [-0.25, -0.2) is 0 Å². The maximum Gasteiger partial charge on any atom is 0.219 e. The SMILES string of the molecule is CNC(=O)CCCN1CCC(NCC2CC2)CC1. The van der Waals surface area contributed by atoms with E-state index in [2.05, 4.69) is 15.5 Å². The number of nitrogens with zero attached hydrogens (tertiary/aromatic N) is 1. The molecule has 0 aromatic heterocycles. The van der Waals surface area contributed by atoms with Crippen LogP contribution in [0.1, 0.15) is 38.5 Å². The number of carbonyl (C=O) groups is 1. The van der Waals surface area contributed by atoms with Gasteiger partial charge < -0.3 is 15.5 Å². The van der Waals surface area contributed by atoms with Gasteiger partial charge in [-0.15, -0.1) is 0 Å². The number of hydrogen-bond donors (Lipinski definition) is 2. The van der Waals surface area contributed by atoms with E-state index < -0.39 is 0 Å². The maximum atomic E-state index is 11.1. The van der Waals surface area contributed by atoms with Crippen LogP contribution in [0.25, 0.3) is 0 Å². The fourth-order valence-corrected chi connectivity index (χ4v) is 2.60. The van der Waals surface area contributed by atoms with Gasteiger partial charge in [0.2, 0.25) is 5.91 Å². The van der Waals surface area contributed by atoms with Crippen LogP contribution in [0.3, 0.4) is 0 Å². The van der Waals surface area contributed by atoms with E-state index in [1.54, 1.807) is 7.05 Å². The lowest BCUT2D eigenvalue weighted by atomic mass is 10.0. The molecular formula is C14H27N3O. The smallest absolute Gasteiger partial charge is 0.219 e. The van der Waals surface area contributed by atoms with Crippen molar-refractivity contribution in [2.45, 2.75) is 44.6 Å². The first kappa shape index (κ1) is 13.8. The van der Waals surface area contributed by atoms with Crippen LogP contribution in [0, 0.1) is 5.92 Å². The van der Waals surface area contributed by atoms with E-state index >= 15 is 0 Å². The second-order valence-electron chi connectivity index (χ2n) is 5.74. The Hall–Kier alpha value is -0.610. The molecule has 1 saturated carbocycles. The zero-order chi connectivity index (χ0) is 12.8. The van der Waals surface area contributed by atoms with Crippen molar-refractivity contribution in [3.8, 4) is 0 Å². The molecule has 0 atom stereocenters. The Morgan fingerprint density at radius 3 is 2.56 bits per heavy atom. The highest BCUT2D eigenvalue weighted by atomic mass is 16.1. The number of rotatable bonds is 7. The monoisotopic (exact) mass is 253 g/mol. The Balaban J connectivity index is 1.51. The predicted octanol–water partition coefficient (Wildman–Crippen LogP) is 0.977. The average Bonchev–Trinajstić information content (AvgIpc) is 3.21. The van der Waals surface area contributed by atoms with Gasteiger partial charge in [-0.3, -0.25) is 4.79 Å². The Kier molecular flexibility index (Phi) is 5.45. The van der Waals surface area contributed by atoms with Gasteiger partial charge in [0, 0.05) is 19.5 Å². The molecule has 2 aliphatic rings. The molecule has 1 amide bonds. The first-order valence-corrected chi connectivity index (χ1v) is 7.44. The Labute approximate surface area is 110 Å². The van der Waals surface area contributed by atoms with E-state index in [0.29, 0.717) is 6.42 Å². The van der Waals surface area contributed by atoms with E-state index in [9.17, 15) is 4.79 Å². The molecule has 1 heterocycles. The van der Waals surface area contributed by atoms with Crippen LogP contribution in [0.4, 0.5) is 0 Å². The molecule has 2 rings (SSSR count). The van der Waals surface area contributed by atoms with Crippen molar-refractivity contribution in [2.24, 2.45) is 5.92 Å². The number of nitrogens with one attached hydrogen (secondary N) is 2. The third kappa shape index (κ3) is 4.94. The van der Waals surface area contributed by atoms with Gasteiger partial charge in [0.15, 0.2) is 0 Å². The minimum Gasteiger partial charge on any atom is -0.359 e. The molecule has 0 unspecified atom stereocenters. The van der Waals surface area contributed by atoms with Gasteiger partial charge >= 0.3 is 0 Å². The molecule has 1 aliphatic heterocycles. The standard InChI is InChI=1S/C14H27N3O/c1-15-14(18)3-2-8-17-9-6-13(7-10-17)16-11-12-4-5-12/h12-13,16H,2-11H2,1H3,(H,15,18). The number of piperidine rings is 1. The lowest BCUT2D eigenvalue weighted by molar-refractivity contribution is -0.120. The highest BCUT2D eigenvalue weighted by Crippen LogP contribution is 2.28. The molecule has 0 spiro atoms. The molecule has 2 fully saturated rings. The summed E-state index contributed by atoms with van der Waals surface area (Å²) in [4.78, 5) is 13.6. The molecule has 1 saturated heterocycles. The van der Waals surface area contributed by atoms with E-state index in [-0.39, 0.29) is 5.91 Å². The minimum atomic E-state index is 0.163. The molecule has 4 heteroatoms. The normalized spacial score (nSPS) is 22.1. The molecule has 0 bridgehead atoms. The van der Waals surface area contributed by atoms with E-state index in [1.807, 2.05) is 0 Å². The Bertz CT molecular complexity index is 258.